The molecule has 0 amide bonds. The smallest absolute Gasteiger partial charge is 0.124 e. The molecule has 0 aromatic heterocycles. The average molecular weight is 254 g/mol. The predicted octanol–water partition coefficient (Wildman–Crippen LogP) is 1.59. The van der Waals surface area contributed by atoms with Crippen LogP contribution in [0.3, 0.4) is 0 Å². The molecule has 1 unspecified atom stereocenters. The molecule has 4 N–H and O–H groups in total. The molecule has 0 bridgehead atoms. The van der Waals surface area contributed by atoms with E-state index in [-0.39, 0.29) is 11.9 Å². The number of halogens is 1. The van der Waals surface area contributed by atoms with Crippen molar-refractivity contribution < 1.29 is 5.11 Å². The van der Waals surface area contributed by atoms with Crippen molar-refractivity contribution in [3.8, 4) is 0 Å². The number of nitrogens with zero attached hydrogens (tertiary/aromatic N) is 1. The maximum atomic E-state index is 9.68. The molecule has 0 radical (unpaired) electrons. The first-order chi connectivity index (χ1) is 8.08. The summed E-state index contributed by atoms with van der Waals surface area (Å²) in [4.78, 5) is 2.04. The molecule has 4 nitrogen and oxygen atoms in total. The van der Waals surface area contributed by atoms with Crippen molar-refractivity contribution in [2.24, 2.45) is 5.73 Å². The van der Waals surface area contributed by atoms with Gasteiger partial charge in [0.1, 0.15) is 5.84 Å². The van der Waals surface area contributed by atoms with E-state index in [9.17, 15) is 5.11 Å². The molecule has 1 aliphatic heterocycles. The van der Waals surface area contributed by atoms with E-state index in [0.29, 0.717) is 17.1 Å². The number of nitrogens with one attached hydrogen (secondary N) is 1. The van der Waals surface area contributed by atoms with E-state index in [1.807, 2.05) is 4.90 Å². The van der Waals surface area contributed by atoms with E-state index in [2.05, 4.69) is 0 Å². The van der Waals surface area contributed by atoms with Gasteiger partial charge >= 0.3 is 0 Å². The van der Waals surface area contributed by atoms with Crippen LogP contribution < -0.4 is 10.6 Å². The minimum atomic E-state index is -0.317. The predicted molar refractivity (Wildman–Crippen MR) is 69.9 cm³/mol. The number of hydrogen-bond acceptors (Lipinski definition) is 3. The average Bonchev–Trinajstić information content (AvgIpc) is 2.28. The Hall–Kier alpha value is -1.26. The summed E-state index contributed by atoms with van der Waals surface area (Å²) in [7, 11) is 0. The molecule has 1 aromatic carbocycles. The first kappa shape index (κ1) is 12.2. The Morgan fingerprint density at radius 3 is 2.94 bits per heavy atom. The monoisotopic (exact) mass is 253 g/mol. The van der Waals surface area contributed by atoms with Gasteiger partial charge in [0.25, 0.3) is 0 Å². The van der Waals surface area contributed by atoms with Crippen LogP contribution in [-0.2, 0) is 0 Å². The van der Waals surface area contributed by atoms with Gasteiger partial charge in [0, 0.05) is 29.4 Å². The van der Waals surface area contributed by atoms with E-state index in [0.717, 1.165) is 25.1 Å². The van der Waals surface area contributed by atoms with Gasteiger partial charge in [0.2, 0.25) is 0 Å². The summed E-state index contributed by atoms with van der Waals surface area (Å²) in [6.45, 7) is 1.43. The molecule has 1 aromatic rings. The molecule has 1 fully saturated rings. The Bertz CT molecular complexity index is 436. The van der Waals surface area contributed by atoms with Crippen LogP contribution in [0.1, 0.15) is 18.4 Å². The number of aliphatic hydroxyl groups excluding tert-OH is 1. The first-order valence-corrected chi connectivity index (χ1v) is 6.02. The summed E-state index contributed by atoms with van der Waals surface area (Å²) >= 11 is 5.98. The maximum absolute atomic E-state index is 9.68. The number of benzene rings is 1. The molecule has 1 saturated heterocycles. The molecule has 0 spiro atoms. The number of hydrogen-bond donors (Lipinski definition) is 3. The van der Waals surface area contributed by atoms with Crippen molar-refractivity contribution in [3.05, 3.63) is 28.8 Å². The van der Waals surface area contributed by atoms with Crippen LogP contribution in [0.4, 0.5) is 5.69 Å². The van der Waals surface area contributed by atoms with Crippen LogP contribution in [0, 0.1) is 5.41 Å². The number of amidine groups is 1. The van der Waals surface area contributed by atoms with Crippen LogP contribution in [-0.4, -0.2) is 30.1 Å². The lowest BCUT2D eigenvalue weighted by atomic mass is 10.0. The zero-order valence-corrected chi connectivity index (χ0v) is 10.2. The van der Waals surface area contributed by atoms with Gasteiger partial charge in [-0.2, -0.15) is 0 Å². The van der Waals surface area contributed by atoms with Gasteiger partial charge < -0.3 is 15.7 Å². The van der Waals surface area contributed by atoms with Crippen LogP contribution >= 0.6 is 11.6 Å². The van der Waals surface area contributed by atoms with Gasteiger partial charge in [0.15, 0.2) is 0 Å². The highest BCUT2D eigenvalue weighted by molar-refractivity contribution is 6.31. The number of rotatable bonds is 2. The zero-order valence-electron chi connectivity index (χ0n) is 9.49. The second-order valence-corrected chi connectivity index (χ2v) is 4.75. The van der Waals surface area contributed by atoms with Gasteiger partial charge in [-0.1, -0.05) is 11.6 Å². The summed E-state index contributed by atoms with van der Waals surface area (Å²) in [6.07, 6.45) is 1.44. The largest absolute Gasteiger partial charge is 0.391 e. The Labute approximate surface area is 105 Å². The fourth-order valence-corrected chi connectivity index (χ4v) is 2.33. The molecule has 0 aliphatic carbocycles. The lowest BCUT2D eigenvalue weighted by Gasteiger charge is -2.33. The fourth-order valence-electron chi connectivity index (χ4n) is 2.17. The second kappa shape index (κ2) is 4.94. The minimum Gasteiger partial charge on any atom is -0.391 e. The van der Waals surface area contributed by atoms with Crippen LogP contribution in [0.2, 0.25) is 5.02 Å². The van der Waals surface area contributed by atoms with E-state index in [1.54, 1.807) is 18.2 Å². The third kappa shape index (κ3) is 2.70. The topological polar surface area (TPSA) is 73.3 Å². The number of aliphatic hydroxyl groups is 1. The molecular formula is C12H16ClN3O. The van der Waals surface area contributed by atoms with Gasteiger partial charge in [-0.3, -0.25) is 5.41 Å². The van der Waals surface area contributed by atoms with Crippen molar-refractivity contribution >= 4 is 23.1 Å². The summed E-state index contributed by atoms with van der Waals surface area (Å²) in [5.41, 5.74) is 7.06. The highest BCUT2D eigenvalue weighted by atomic mass is 35.5. The number of nitrogens with two attached hydrogens (primary N) is 1. The van der Waals surface area contributed by atoms with Crippen LogP contribution in [0.25, 0.3) is 0 Å². The molecule has 1 atom stereocenters. The fraction of sp³-hybridized carbons (Fsp3) is 0.417. The number of anilines is 1. The first-order valence-electron chi connectivity index (χ1n) is 5.65. The second-order valence-electron chi connectivity index (χ2n) is 4.32. The molecule has 5 heteroatoms. The van der Waals surface area contributed by atoms with E-state index in [1.165, 1.54) is 0 Å². The van der Waals surface area contributed by atoms with Gasteiger partial charge in [-0.25, -0.2) is 0 Å². The molecule has 0 saturated carbocycles. The standard InChI is InChI=1S/C12H16ClN3O/c13-8-3-4-10(12(14)15)11(6-8)16-5-1-2-9(17)7-16/h3-4,6,9,17H,1-2,5,7H2,(H3,14,15). The minimum absolute atomic E-state index is 0.0247. The molecule has 1 aliphatic rings. The lowest BCUT2D eigenvalue weighted by molar-refractivity contribution is 0.154. The van der Waals surface area contributed by atoms with E-state index < -0.39 is 0 Å². The molecular weight excluding hydrogens is 238 g/mol. The molecule has 92 valence electrons. The van der Waals surface area contributed by atoms with Crippen molar-refractivity contribution in [2.45, 2.75) is 18.9 Å². The third-order valence-electron chi connectivity index (χ3n) is 2.99. The maximum Gasteiger partial charge on any atom is 0.124 e. The highest BCUT2D eigenvalue weighted by Gasteiger charge is 2.20. The summed E-state index contributed by atoms with van der Waals surface area (Å²) in [5, 5.41) is 17.9. The summed E-state index contributed by atoms with van der Waals surface area (Å²) < 4.78 is 0. The molecule has 1 heterocycles. The number of β-amino-alcohol motifs (C(OH)–C–C–N with tert-alkyl or cyclic N) is 1. The quantitative estimate of drug-likeness (QED) is 0.554. The van der Waals surface area contributed by atoms with Crippen molar-refractivity contribution in [3.63, 3.8) is 0 Å². The SMILES string of the molecule is N=C(N)c1ccc(Cl)cc1N1CCCC(O)C1. The van der Waals surface area contributed by atoms with Crippen LogP contribution in [0.5, 0.6) is 0 Å². The Morgan fingerprint density at radius 1 is 1.53 bits per heavy atom. The normalized spacial score (nSPS) is 20.4. The number of nitrogen functional groups attached to an aromatic ring is 1. The lowest BCUT2D eigenvalue weighted by Crippen LogP contribution is -2.39. The zero-order chi connectivity index (χ0) is 12.4. The third-order valence-corrected chi connectivity index (χ3v) is 3.22. The Morgan fingerprint density at radius 2 is 2.29 bits per heavy atom. The van der Waals surface area contributed by atoms with Crippen molar-refractivity contribution in [2.75, 3.05) is 18.0 Å². The molecule has 2 rings (SSSR count). The Kier molecular flexibility index (Phi) is 3.54. The van der Waals surface area contributed by atoms with E-state index >= 15 is 0 Å². The van der Waals surface area contributed by atoms with Gasteiger partial charge in [-0.05, 0) is 31.0 Å². The number of piperidine rings is 1. The molecule has 17 heavy (non-hydrogen) atoms. The van der Waals surface area contributed by atoms with Crippen LogP contribution in [0.15, 0.2) is 18.2 Å². The van der Waals surface area contributed by atoms with Gasteiger partial charge in [0.05, 0.1) is 6.10 Å². The summed E-state index contributed by atoms with van der Waals surface area (Å²) in [6, 6.07) is 5.28. The highest BCUT2D eigenvalue weighted by Crippen LogP contribution is 2.27. The van der Waals surface area contributed by atoms with Crippen molar-refractivity contribution in [1.82, 2.24) is 0 Å². The van der Waals surface area contributed by atoms with Crippen molar-refractivity contribution in [1.29, 1.82) is 5.41 Å². The summed E-state index contributed by atoms with van der Waals surface area (Å²) in [5.74, 6) is 0.0247. The van der Waals surface area contributed by atoms with E-state index in [4.69, 9.17) is 22.7 Å². The Balaban J connectivity index is 2.35. The van der Waals surface area contributed by atoms with Gasteiger partial charge in [-0.15, -0.1) is 0 Å².